The molecule has 0 fully saturated rings. The summed E-state index contributed by atoms with van der Waals surface area (Å²) in [5.41, 5.74) is 0.163. The van der Waals surface area contributed by atoms with Crippen molar-refractivity contribution in [2.24, 2.45) is 0 Å². The van der Waals surface area contributed by atoms with Crippen LogP contribution in [0.2, 0.25) is 0 Å². The van der Waals surface area contributed by atoms with Crippen molar-refractivity contribution in [2.45, 2.75) is 0 Å². The fourth-order valence-electron chi connectivity index (χ4n) is 2.10. The number of benzene rings is 2. The minimum atomic E-state index is -0.560. The fraction of sp³-hybridized carbons (Fsp3) is 0. The summed E-state index contributed by atoms with van der Waals surface area (Å²) in [5, 5.41) is 0.411. The van der Waals surface area contributed by atoms with E-state index in [1.807, 2.05) is 18.2 Å². The number of para-hydroxylation sites is 2. The molecular formula is C14H11N3O2. The van der Waals surface area contributed by atoms with Gasteiger partial charge in [-0.15, -0.1) is 0 Å². The number of rotatable bonds is 1. The smallest absolute Gasteiger partial charge is 0.332 e. The van der Waals surface area contributed by atoms with Crippen molar-refractivity contribution in [3.05, 3.63) is 75.4 Å². The predicted molar refractivity (Wildman–Crippen MR) is 74.0 cm³/mol. The van der Waals surface area contributed by atoms with Crippen molar-refractivity contribution in [2.75, 3.05) is 5.84 Å². The van der Waals surface area contributed by atoms with Gasteiger partial charge in [0.15, 0.2) is 0 Å². The van der Waals surface area contributed by atoms with Gasteiger partial charge in [0, 0.05) is 0 Å². The van der Waals surface area contributed by atoms with Gasteiger partial charge in [0.05, 0.1) is 16.6 Å². The van der Waals surface area contributed by atoms with Gasteiger partial charge in [-0.1, -0.05) is 30.3 Å². The Balaban J connectivity index is 2.56. The predicted octanol–water partition coefficient (Wildman–Crippen LogP) is 0.866. The molecule has 0 aliphatic carbocycles. The van der Waals surface area contributed by atoms with E-state index in [0.29, 0.717) is 21.3 Å². The van der Waals surface area contributed by atoms with Gasteiger partial charge in [0.2, 0.25) is 0 Å². The summed E-state index contributed by atoms with van der Waals surface area (Å²) in [6.07, 6.45) is 0. The van der Waals surface area contributed by atoms with Gasteiger partial charge in [-0.3, -0.25) is 9.36 Å². The summed E-state index contributed by atoms with van der Waals surface area (Å²) >= 11 is 0. The van der Waals surface area contributed by atoms with Crippen LogP contribution in [0.3, 0.4) is 0 Å². The zero-order chi connectivity index (χ0) is 13.4. The van der Waals surface area contributed by atoms with Gasteiger partial charge in [-0.05, 0) is 24.3 Å². The molecule has 94 valence electrons. The van der Waals surface area contributed by atoms with Crippen LogP contribution >= 0.6 is 0 Å². The molecule has 0 atom stereocenters. The average molecular weight is 253 g/mol. The van der Waals surface area contributed by atoms with Gasteiger partial charge in [0.25, 0.3) is 5.56 Å². The lowest BCUT2D eigenvalue weighted by Crippen LogP contribution is -2.44. The van der Waals surface area contributed by atoms with Crippen molar-refractivity contribution in [3.63, 3.8) is 0 Å². The minimum Gasteiger partial charge on any atom is -0.332 e. The molecule has 2 aromatic carbocycles. The molecule has 0 saturated heterocycles. The van der Waals surface area contributed by atoms with E-state index in [2.05, 4.69) is 0 Å². The molecule has 5 nitrogen and oxygen atoms in total. The Kier molecular flexibility index (Phi) is 2.45. The standard InChI is InChI=1S/C14H11N3O2/c15-17-13(18)11-8-4-5-9-12(11)16(14(17)19)10-6-2-1-3-7-10/h1-9H,15H2. The van der Waals surface area contributed by atoms with E-state index in [1.165, 1.54) is 4.57 Å². The number of hydrogen-bond donors (Lipinski definition) is 1. The van der Waals surface area contributed by atoms with Crippen LogP contribution < -0.4 is 17.1 Å². The van der Waals surface area contributed by atoms with Gasteiger partial charge < -0.3 is 5.84 Å². The van der Waals surface area contributed by atoms with Crippen LogP contribution in [0.25, 0.3) is 16.6 Å². The van der Waals surface area contributed by atoms with E-state index in [0.717, 1.165) is 0 Å². The first kappa shape index (κ1) is 11.3. The molecule has 3 rings (SSSR count). The lowest BCUT2D eigenvalue weighted by molar-refractivity contribution is 0.801. The highest BCUT2D eigenvalue weighted by atomic mass is 16.2. The molecule has 0 unspecified atom stereocenters. The Morgan fingerprint density at radius 2 is 1.47 bits per heavy atom. The summed E-state index contributed by atoms with van der Waals surface area (Å²) in [5.74, 6) is 5.56. The second kappa shape index (κ2) is 4.13. The first-order chi connectivity index (χ1) is 9.20. The Morgan fingerprint density at radius 3 is 2.21 bits per heavy atom. The molecule has 0 radical (unpaired) electrons. The van der Waals surface area contributed by atoms with Crippen LogP contribution in [-0.4, -0.2) is 9.24 Å². The topological polar surface area (TPSA) is 70.0 Å². The largest absolute Gasteiger partial charge is 0.354 e. The SMILES string of the molecule is Nn1c(=O)c2ccccc2n(-c2ccccc2)c1=O. The second-order valence-electron chi connectivity index (χ2n) is 4.15. The first-order valence-corrected chi connectivity index (χ1v) is 5.77. The number of nitrogens with two attached hydrogens (primary N) is 1. The second-order valence-corrected chi connectivity index (χ2v) is 4.15. The minimum absolute atomic E-state index is 0.411. The Morgan fingerprint density at radius 1 is 0.842 bits per heavy atom. The molecule has 0 spiro atoms. The zero-order valence-corrected chi connectivity index (χ0v) is 9.98. The number of nitrogens with zero attached hydrogens (tertiary/aromatic N) is 2. The molecule has 0 aliphatic heterocycles. The molecule has 19 heavy (non-hydrogen) atoms. The molecule has 0 bridgehead atoms. The maximum Gasteiger partial charge on any atom is 0.354 e. The van der Waals surface area contributed by atoms with E-state index in [9.17, 15) is 9.59 Å². The zero-order valence-electron chi connectivity index (χ0n) is 9.98. The van der Waals surface area contributed by atoms with E-state index >= 15 is 0 Å². The van der Waals surface area contributed by atoms with E-state index in [-0.39, 0.29) is 0 Å². The van der Waals surface area contributed by atoms with E-state index in [4.69, 9.17) is 5.84 Å². The molecule has 5 heteroatoms. The molecule has 0 aliphatic rings. The number of fused-ring (bicyclic) bond motifs is 1. The average Bonchev–Trinajstić information content (AvgIpc) is 2.46. The fourth-order valence-corrected chi connectivity index (χ4v) is 2.10. The third-order valence-electron chi connectivity index (χ3n) is 3.01. The molecule has 3 aromatic rings. The number of nitrogen functional groups attached to an aromatic ring is 1. The lowest BCUT2D eigenvalue weighted by atomic mass is 10.2. The normalized spacial score (nSPS) is 10.7. The maximum absolute atomic E-state index is 12.2. The van der Waals surface area contributed by atoms with Crippen molar-refractivity contribution in [1.29, 1.82) is 0 Å². The van der Waals surface area contributed by atoms with E-state index in [1.54, 1.807) is 36.4 Å². The molecule has 2 N–H and O–H groups in total. The Labute approximate surface area is 108 Å². The highest BCUT2D eigenvalue weighted by Gasteiger charge is 2.11. The van der Waals surface area contributed by atoms with Crippen LogP contribution in [0.5, 0.6) is 0 Å². The summed E-state index contributed by atoms with van der Waals surface area (Å²) in [6, 6.07) is 16.0. The Bertz CT molecular complexity index is 863. The van der Waals surface area contributed by atoms with Crippen LogP contribution in [0.15, 0.2) is 64.2 Å². The number of aromatic nitrogens is 2. The van der Waals surface area contributed by atoms with Gasteiger partial charge in [-0.25, -0.2) is 4.79 Å². The summed E-state index contributed by atoms with van der Waals surface area (Å²) in [7, 11) is 0. The summed E-state index contributed by atoms with van der Waals surface area (Å²) < 4.78 is 2.06. The van der Waals surface area contributed by atoms with Gasteiger partial charge in [-0.2, -0.15) is 4.68 Å². The molecule has 1 heterocycles. The van der Waals surface area contributed by atoms with Crippen molar-refractivity contribution < 1.29 is 0 Å². The lowest BCUT2D eigenvalue weighted by Gasteiger charge is -2.11. The molecule has 0 saturated carbocycles. The first-order valence-electron chi connectivity index (χ1n) is 5.77. The summed E-state index contributed by atoms with van der Waals surface area (Å²) in [4.78, 5) is 24.2. The van der Waals surface area contributed by atoms with Crippen LogP contribution in [-0.2, 0) is 0 Å². The molecule has 1 aromatic heterocycles. The molecule has 0 amide bonds. The monoisotopic (exact) mass is 253 g/mol. The van der Waals surface area contributed by atoms with Crippen molar-refractivity contribution in [3.8, 4) is 5.69 Å². The van der Waals surface area contributed by atoms with Gasteiger partial charge >= 0.3 is 5.69 Å². The van der Waals surface area contributed by atoms with E-state index < -0.39 is 11.2 Å². The van der Waals surface area contributed by atoms with Crippen LogP contribution in [0, 0.1) is 0 Å². The van der Waals surface area contributed by atoms with Crippen molar-refractivity contribution >= 4 is 10.9 Å². The highest BCUT2D eigenvalue weighted by Crippen LogP contribution is 2.12. The molecular weight excluding hydrogens is 242 g/mol. The van der Waals surface area contributed by atoms with Crippen molar-refractivity contribution in [1.82, 2.24) is 9.24 Å². The third-order valence-corrected chi connectivity index (χ3v) is 3.01. The maximum atomic E-state index is 12.2. The quantitative estimate of drug-likeness (QED) is 0.654. The third kappa shape index (κ3) is 1.63. The summed E-state index contributed by atoms with van der Waals surface area (Å²) in [6.45, 7) is 0. The van der Waals surface area contributed by atoms with Crippen LogP contribution in [0.1, 0.15) is 0 Å². The Hall–Kier alpha value is -2.82. The highest BCUT2D eigenvalue weighted by molar-refractivity contribution is 5.79. The van der Waals surface area contributed by atoms with Gasteiger partial charge in [0.1, 0.15) is 0 Å². The number of hydrogen-bond acceptors (Lipinski definition) is 3. The van der Waals surface area contributed by atoms with Crippen LogP contribution in [0.4, 0.5) is 0 Å².